The molecule has 1 aromatic rings. The number of hydrogen-bond donors (Lipinski definition) is 2. The first kappa shape index (κ1) is 30.1. The SMILES string of the molecule is CC(=O)O.CCCCCCCCCCCCCCCCCc1cc(OC)cc(OC)c1O. The van der Waals surface area contributed by atoms with Crippen molar-refractivity contribution < 1.29 is 24.5 Å². The predicted molar refractivity (Wildman–Crippen MR) is 133 cm³/mol. The van der Waals surface area contributed by atoms with Crippen LogP contribution in [0.1, 0.15) is 116 Å². The highest BCUT2D eigenvalue weighted by Gasteiger charge is 2.10. The second kappa shape index (κ2) is 21.0. The minimum Gasteiger partial charge on any atom is -0.504 e. The topological polar surface area (TPSA) is 76.0 Å². The van der Waals surface area contributed by atoms with Gasteiger partial charge in [-0.05, 0) is 18.9 Å². The molecule has 0 fully saturated rings. The zero-order valence-corrected chi connectivity index (χ0v) is 21.1. The molecule has 0 amide bonds. The summed E-state index contributed by atoms with van der Waals surface area (Å²) in [7, 11) is 3.22. The molecule has 0 spiro atoms. The number of hydrogen-bond acceptors (Lipinski definition) is 4. The van der Waals surface area contributed by atoms with Gasteiger partial charge < -0.3 is 19.7 Å². The summed E-state index contributed by atoms with van der Waals surface area (Å²) >= 11 is 0. The first-order chi connectivity index (χ1) is 15.5. The standard InChI is InChI=1S/C25H44O3.C2H4O2/c1-4-5-6-7-8-9-10-11-12-13-14-15-16-17-18-19-22-20-23(27-2)21-24(28-3)25(22)26;1-2(3)4/h20-21,26H,4-19H2,1-3H3;1H3,(H,3,4). The lowest BCUT2D eigenvalue weighted by Crippen LogP contribution is -1.94. The van der Waals surface area contributed by atoms with Gasteiger partial charge in [-0.3, -0.25) is 4.79 Å². The van der Waals surface area contributed by atoms with Crippen LogP contribution in [0, 0.1) is 0 Å². The maximum absolute atomic E-state index is 10.2. The zero-order valence-electron chi connectivity index (χ0n) is 21.1. The average molecular weight is 453 g/mol. The molecule has 0 radical (unpaired) electrons. The molecule has 0 heterocycles. The van der Waals surface area contributed by atoms with Crippen LogP contribution in [0.15, 0.2) is 12.1 Å². The van der Waals surface area contributed by atoms with Gasteiger partial charge in [0.15, 0.2) is 11.5 Å². The second-order valence-electron chi connectivity index (χ2n) is 8.56. The van der Waals surface area contributed by atoms with Gasteiger partial charge in [0, 0.05) is 18.6 Å². The van der Waals surface area contributed by atoms with Gasteiger partial charge in [0.05, 0.1) is 14.2 Å². The summed E-state index contributed by atoms with van der Waals surface area (Å²) in [5.74, 6) is 0.662. The molecule has 32 heavy (non-hydrogen) atoms. The second-order valence-corrected chi connectivity index (χ2v) is 8.56. The van der Waals surface area contributed by atoms with E-state index in [0.717, 1.165) is 31.1 Å². The summed E-state index contributed by atoms with van der Waals surface area (Å²) in [6, 6.07) is 3.65. The summed E-state index contributed by atoms with van der Waals surface area (Å²) < 4.78 is 10.5. The molecular formula is C27H48O5. The van der Waals surface area contributed by atoms with Crippen LogP contribution in [0.2, 0.25) is 0 Å². The molecule has 0 aromatic heterocycles. The van der Waals surface area contributed by atoms with Crippen LogP contribution >= 0.6 is 0 Å². The third-order valence-corrected chi connectivity index (χ3v) is 5.63. The highest BCUT2D eigenvalue weighted by atomic mass is 16.5. The van der Waals surface area contributed by atoms with Crippen LogP contribution in [0.5, 0.6) is 17.2 Å². The van der Waals surface area contributed by atoms with Crippen LogP contribution in [-0.2, 0) is 11.2 Å². The van der Waals surface area contributed by atoms with Crippen molar-refractivity contribution in [2.45, 2.75) is 117 Å². The lowest BCUT2D eigenvalue weighted by Gasteiger charge is -2.11. The number of phenols is 1. The highest BCUT2D eigenvalue weighted by Crippen LogP contribution is 2.35. The molecule has 0 saturated heterocycles. The number of carbonyl (C=O) groups is 1. The minimum atomic E-state index is -0.833. The number of carboxylic acids is 1. The van der Waals surface area contributed by atoms with E-state index in [9.17, 15) is 5.11 Å². The van der Waals surface area contributed by atoms with Gasteiger partial charge in [-0.25, -0.2) is 0 Å². The van der Waals surface area contributed by atoms with E-state index in [-0.39, 0.29) is 5.75 Å². The molecule has 0 aliphatic rings. The molecular weight excluding hydrogens is 404 g/mol. The Morgan fingerprint density at radius 1 is 0.750 bits per heavy atom. The Hall–Kier alpha value is -1.91. The lowest BCUT2D eigenvalue weighted by atomic mass is 10.0. The van der Waals surface area contributed by atoms with Crippen molar-refractivity contribution in [2.24, 2.45) is 0 Å². The third-order valence-electron chi connectivity index (χ3n) is 5.63. The summed E-state index contributed by atoms with van der Waals surface area (Å²) in [5, 5.41) is 17.7. The fraction of sp³-hybridized carbons (Fsp3) is 0.741. The van der Waals surface area contributed by atoms with Crippen LogP contribution < -0.4 is 9.47 Å². The van der Waals surface area contributed by atoms with Crippen LogP contribution in [-0.4, -0.2) is 30.4 Å². The maximum atomic E-state index is 10.2. The Balaban J connectivity index is 0.00000220. The lowest BCUT2D eigenvalue weighted by molar-refractivity contribution is -0.134. The molecule has 0 saturated carbocycles. The monoisotopic (exact) mass is 452 g/mol. The summed E-state index contributed by atoms with van der Waals surface area (Å²) in [5.41, 5.74) is 0.922. The fourth-order valence-electron chi connectivity index (χ4n) is 3.79. The number of methoxy groups -OCH3 is 2. The number of phenolic OH excluding ortho intramolecular Hbond substituents is 1. The smallest absolute Gasteiger partial charge is 0.300 e. The number of aryl methyl sites for hydroxylation is 1. The van der Waals surface area contributed by atoms with Gasteiger partial charge >= 0.3 is 0 Å². The molecule has 5 nitrogen and oxygen atoms in total. The van der Waals surface area contributed by atoms with Gasteiger partial charge in [0.1, 0.15) is 5.75 Å². The molecule has 0 unspecified atom stereocenters. The van der Waals surface area contributed by atoms with Crippen molar-refractivity contribution in [1.29, 1.82) is 0 Å². The first-order valence-electron chi connectivity index (χ1n) is 12.6. The number of unbranched alkanes of at least 4 members (excludes halogenated alkanes) is 14. The quantitative estimate of drug-likeness (QED) is 0.221. The largest absolute Gasteiger partial charge is 0.504 e. The average Bonchev–Trinajstić information content (AvgIpc) is 2.77. The van der Waals surface area contributed by atoms with Crippen molar-refractivity contribution in [2.75, 3.05) is 14.2 Å². The molecule has 1 rings (SSSR count). The van der Waals surface area contributed by atoms with E-state index in [0.29, 0.717) is 5.75 Å². The molecule has 0 atom stereocenters. The predicted octanol–water partition coefficient (Wildman–Crippen LogP) is 7.91. The summed E-state index contributed by atoms with van der Waals surface area (Å²) in [6.45, 7) is 3.36. The van der Waals surface area contributed by atoms with E-state index < -0.39 is 5.97 Å². The van der Waals surface area contributed by atoms with E-state index in [1.165, 1.54) is 89.9 Å². The molecule has 5 heteroatoms. The van der Waals surface area contributed by atoms with Crippen molar-refractivity contribution in [3.63, 3.8) is 0 Å². The van der Waals surface area contributed by atoms with Crippen LogP contribution in [0.25, 0.3) is 0 Å². The highest BCUT2D eigenvalue weighted by molar-refractivity contribution is 5.62. The Morgan fingerprint density at radius 2 is 1.16 bits per heavy atom. The van der Waals surface area contributed by atoms with Gasteiger partial charge in [0.25, 0.3) is 5.97 Å². The van der Waals surface area contributed by atoms with Crippen molar-refractivity contribution in [3.8, 4) is 17.2 Å². The van der Waals surface area contributed by atoms with Crippen LogP contribution in [0.3, 0.4) is 0 Å². The van der Waals surface area contributed by atoms with E-state index >= 15 is 0 Å². The Morgan fingerprint density at radius 3 is 1.53 bits per heavy atom. The molecule has 1 aromatic carbocycles. The molecule has 0 bridgehead atoms. The number of aromatic hydroxyl groups is 1. The normalized spacial score (nSPS) is 10.4. The van der Waals surface area contributed by atoms with E-state index in [2.05, 4.69) is 6.92 Å². The van der Waals surface area contributed by atoms with Gasteiger partial charge in [-0.15, -0.1) is 0 Å². The number of benzene rings is 1. The fourth-order valence-corrected chi connectivity index (χ4v) is 3.79. The van der Waals surface area contributed by atoms with Crippen molar-refractivity contribution in [3.05, 3.63) is 17.7 Å². The number of rotatable bonds is 18. The van der Waals surface area contributed by atoms with Gasteiger partial charge in [-0.2, -0.15) is 0 Å². The Kier molecular flexibility index (Phi) is 19.7. The summed E-state index contributed by atoms with van der Waals surface area (Å²) in [4.78, 5) is 9.00. The van der Waals surface area contributed by atoms with E-state index in [4.69, 9.17) is 19.4 Å². The number of aliphatic carboxylic acids is 1. The third kappa shape index (κ3) is 16.7. The Bertz CT molecular complexity index is 582. The molecule has 2 N–H and O–H groups in total. The number of carboxylic acid groups (broad SMARTS) is 1. The minimum absolute atomic E-state index is 0.258. The van der Waals surface area contributed by atoms with Crippen molar-refractivity contribution >= 4 is 5.97 Å². The van der Waals surface area contributed by atoms with Crippen LogP contribution in [0.4, 0.5) is 0 Å². The molecule has 0 aliphatic carbocycles. The maximum Gasteiger partial charge on any atom is 0.300 e. The van der Waals surface area contributed by atoms with Gasteiger partial charge in [-0.1, -0.05) is 96.8 Å². The first-order valence-corrected chi connectivity index (χ1v) is 12.6. The van der Waals surface area contributed by atoms with Gasteiger partial charge in [0.2, 0.25) is 0 Å². The molecule has 186 valence electrons. The summed E-state index contributed by atoms with van der Waals surface area (Å²) in [6.07, 6.45) is 21.3. The molecule has 0 aliphatic heterocycles. The zero-order chi connectivity index (χ0) is 24.0. The van der Waals surface area contributed by atoms with E-state index in [1.54, 1.807) is 20.3 Å². The number of ether oxygens (including phenoxy) is 2. The van der Waals surface area contributed by atoms with E-state index in [1.807, 2.05) is 6.07 Å². The Labute approximate surface area is 196 Å². The van der Waals surface area contributed by atoms with Crippen molar-refractivity contribution in [1.82, 2.24) is 0 Å².